The van der Waals surface area contributed by atoms with Gasteiger partial charge in [-0.3, -0.25) is 29.0 Å². The highest BCUT2D eigenvalue weighted by Crippen LogP contribution is 2.29. The quantitative estimate of drug-likeness (QED) is 0.0766. The average molecular weight is 961 g/mol. The molecule has 0 unspecified atom stereocenters. The molecule has 0 bridgehead atoms. The van der Waals surface area contributed by atoms with Gasteiger partial charge in [0, 0.05) is 69.7 Å². The van der Waals surface area contributed by atoms with E-state index in [1.807, 2.05) is 81.7 Å². The highest BCUT2D eigenvalue weighted by atomic mass is 35.5. The zero-order valence-corrected chi connectivity index (χ0v) is 40.2. The van der Waals surface area contributed by atoms with Crippen LogP contribution in [-0.2, 0) is 20.9 Å². The Labute approximate surface area is 401 Å². The number of piperidine rings is 1. The van der Waals surface area contributed by atoms with E-state index in [1.165, 1.54) is 17.0 Å². The summed E-state index contributed by atoms with van der Waals surface area (Å²) in [6.45, 7) is 14.2. The number of halogens is 2. The molecular formula is C48H63ClFN11O5S. The molecule has 3 aliphatic rings. The van der Waals surface area contributed by atoms with E-state index >= 15 is 0 Å². The fourth-order valence-corrected chi connectivity index (χ4v) is 9.74. The number of aliphatic hydroxyl groups is 1. The van der Waals surface area contributed by atoms with E-state index in [0.29, 0.717) is 11.6 Å². The number of aliphatic imine (C=N–C) groups is 1. The number of likely N-dealkylation sites (tertiary alicyclic amines) is 2. The molecule has 16 nitrogen and oxygen atoms in total. The normalized spacial score (nSPS) is 18.7. The molecule has 8 N–H and O–H groups in total. The number of anilines is 2. The second-order valence-electron chi connectivity index (χ2n) is 18.7. The topological polar surface area (TPSA) is 215 Å². The maximum Gasteiger partial charge on any atom is 0.258 e. The second-order valence-corrected chi connectivity index (χ2v) is 19.5. The molecule has 0 aliphatic carbocycles. The molecule has 360 valence electrons. The fourth-order valence-electron chi connectivity index (χ4n) is 8.93. The van der Waals surface area contributed by atoms with Crippen LogP contribution in [0.2, 0.25) is 0 Å². The maximum atomic E-state index is 14.6. The first-order chi connectivity index (χ1) is 31.5. The molecule has 3 aliphatic heterocycles. The number of amides is 4. The number of guanidine groups is 1. The minimum Gasteiger partial charge on any atom is -0.391 e. The van der Waals surface area contributed by atoms with Gasteiger partial charge in [-0.2, -0.15) is 0 Å². The Morgan fingerprint density at radius 1 is 0.940 bits per heavy atom. The summed E-state index contributed by atoms with van der Waals surface area (Å²) in [5.41, 5.74) is 16.5. The first kappa shape index (κ1) is 50.7. The number of nitrogens with zero attached hydrogens (tertiary/aromatic N) is 6. The van der Waals surface area contributed by atoms with Crippen molar-refractivity contribution in [3.63, 3.8) is 0 Å². The second kappa shape index (κ2) is 22.4. The largest absolute Gasteiger partial charge is 0.391 e. The van der Waals surface area contributed by atoms with Crippen molar-refractivity contribution in [2.75, 3.05) is 69.1 Å². The van der Waals surface area contributed by atoms with Crippen LogP contribution in [0.1, 0.15) is 61.6 Å². The number of nitrogens with one attached hydrogen (secondary N) is 3. The smallest absolute Gasteiger partial charge is 0.258 e. The number of aliphatic hydroxyl groups excluding tert-OH is 1. The number of hydrogen-bond acceptors (Lipinski definition) is 11. The lowest BCUT2D eigenvalue weighted by Crippen LogP contribution is -2.59. The standard InChI is InChI=1S/C48H62FN11O5S.ClH/c1-30-42(66-29-53-30)33-7-5-31(6-8-33)25-52-45(64)40-24-37(61)27-60(40)46(65)43(48(2,3)4)56-41(62)28-57-17-15-32(16-18-57)26-58-19-21-59(22-20-58)36-12-9-34(10-13-36)54-44(63)38-14-11-35(23-39(38)49)55-47(50)51;/h5-14,23,29,32,37,40,43,61H,15-22,24-28H2,1-4H3,(H,52,64)(H,54,63)(H,56,62)(H4,50,51,55);1H/t37-,40+,43-;/m1./s1. The third-order valence-electron chi connectivity index (χ3n) is 12.6. The number of carbonyl (C=O) groups excluding carboxylic acids is 4. The summed E-state index contributed by atoms with van der Waals surface area (Å²) >= 11 is 1.58. The van der Waals surface area contributed by atoms with E-state index in [1.54, 1.807) is 11.3 Å². The number of benzene rings is 3. The van der Waals surface area contributed by atoms with Gasteiger partial charge in [0.1, 0.15) is 17.9 Å². The third-order valence-corrected chi connectivity index (χ3v) is 13.6. The number of aromatic nitrogens is 1. The number of rotatable bonds is 14. The van der Waals surface area contributed by atoms with Gasteiger partial charge in [0.25, 0.3) is 5.91 Å². The number of thiazole rings is 1. The minimum absolute atomic E-state index is 0. The number of β-amino-alcohol motifs (C(OH)–C–C–N with tert-alkyl or cyclic N) is 1. The van der Waals surface area contributed by atoms with Crippen LogP contribution in [0.3, 0.4) is 0 Å². The summed E-state index contributed by atoms with van der Waals surface area (Å²) in [5, 5.41) is 19.4. The van der Waals surface area contributed by atoms with Crippen molar-refractivity contribution in [1.82, 2.24) is 30.3 Å². The highest BCUT2D eigenvalue weighted by molar-refractivity contribution is 7.13. The first-order valence-corrected chi connectivity index (χ1v) is 23.4. The summed E-state index contributed by atoms with van der Waals surface area (Å²) in [4.78, 5) is 71.6. The number of carbonyl (C=O) groups is 4. The van der Waals surface area contributed by atoms with Crippen LogP contribution >= 0.6 is 23.7 Å². The molecule has 4 aromatic rings. The molecule has 3 fully saturated rings. The molecule has 3 atom stereocenters. The molecule has 0 spiro atoms. The molecule has 1 aromatic heterocycles. The maximum absolute atomic E-state index is 14.6. The number of hydrogen-bond donors (Lipinski definition) is 6. The van der Waals surface area contributed by atoms with E-state index in [0.717, 1.165) is 92.1 Å². The van der Waals surface area contributed by atoms with Crippen molar-refractivity contribution in [3.05, 3.63) is 94.9 Å². The zero-order chi connectivity index (χ0) is 47.1. The molecule has 19 heteroatoms. The summed E-state index contributed by atoms with van der Waals surface area (Å²) in [6.07, 6.45) is 1.20. The van der Waals surface area contributed by atoms with Crippen LogP contribution < -0.4 is 32.3 Å². The molecule has 4 amide bonds. The number of nitrogens with two attached hydrogens (primary N) is 2. The Morgan fingerprint density at radius 3 is 2.24 bits per heavy atom. The summed E-state index contributed by atoms with van der Waals surface area (Å²) in [7, 11) is 0. The SMILES string of the molecule is Cc1ncsc1-c1ccc(CNC(=O)[C@@H]2C[C@@H](O)CN2C(=O)[C@@H](NC(=O)CN2CCC(CN3CCN(c4ccc(NC(=O)c5ccc(N=C(N)N)cc5F)cc4)CC3)CC2)C(C)(C)C)cc1.Cl. The first-order valence-electron chi connectivity index (χ1n) is 22.6. The Morgan fingerprint density at radius 2 is 1.63 bits per heavy atom. The third kappa shape index (κ3) is 13.3. The van der Waals surface area contributed by atoms with Gasteiger partial charge in [0.05, 0.1) is 40.0 Å². The van der Waals surface area contributed by atoms with Gasteiger partial charge in [-0.1, -0.05) is 45.0 Å². The molecule has 67 heavy (non-hydrogen) atoms. The lowest BCUT2D eigenvalue weighted by atomic mass is 9.85. The molecule has 7 rings (SSSR count). The summed E-state index contributed by atoms with van der Waals surface area (Å²) in [6, 6.07) is 17.6. The van der Waals surface area contributed by atoms with Crippen LogP contribution in [0.25, 0.3) is 10.4 Å². The van der Waals surface area contributed by atoms with Crippen LogP contribution in [0.15, 0.2) is 77.2 Å². The van der Waals surface area contributed by atoms with Gasteiger partial charge >= 0.3 is 0 Å². The average Bonchev–Trinajstić information content (AvgIpc) is 3.90. The van der Waals surface area contributed by atoms with E-state index in [4.69, 9.17) is 11.5 Å². The minimum atomic E-state index is -0.887. The van der Waals surface area contributed by atoms with E-state index < -0.39 is 35.3 Å². The highest BCUT2D eigenvalue weighted by Gasteiger charge is 2.44. The van der Waals surface area contributed by atoms with Gasteiger partial charge in [-0.05, 0) is 91.7 Å². The van der Waals surface area contributed by atoms with E-state index in [-0.39, 0.29) is 73.4 Å². The molecule has 3 aromatic carbocycles. The van der Waals surface area contributed by atoms with Gasteiger partial charge in [0.2, 0.25) is 17.7 Å². The lowest BCUT2D eigenvalue weighted by Gasteiger charge is -2.40. The monoisotopic (exact) mass is 959 g/mol. The summed E-state index contributed by atoms with van der Waals surface area (Å²) in [5.74, 6) is -1.95. The summed E-state index contributed by atoms with van der Waals surface area (Å²) < 4.78 is 14.6. The van der Waals surface area contributed by atoms with Crippen molar-refractivity contribution >= 4 is 70.4 Å². The Hall–Kier alpha value is -5.66. The predicted molar refractivity (Wildman–Crippen MR) is 263 cm³/mol. The number of piperazine rings is 1. The fraction of sp³-hybridized carbons (Fsp3) is 0.458. The van der Waals surface area contributed by atoms with Crippen molar-refractivity contribution < 1.29 is 28.7 Å². The molecule has 0 radical (unpaired) electrons. The Balaban J connectivity index is 0.00000741. The van der Waals surface area contributed by atoms with Gasteiger partial charge in [-0.25, -0.2) is 14.4 Å². The van der Waals surface area contributed by atoms with Crippen LogP contribution in [0.5, 0.6) is 0 Å². The van der Waals surface area contributed by atoms with Crippen molar-refractivity contribution in [2.24, 2.45) is 27.8 Å². The Kier molecular flexibility index (Phi) is 17.0. The van der Waals surface area contributed by atoms with E-state index in [2.05, 4.69) is 40.6 Å². The van der Waals surface area contributed by atoms with Crippen LogP contribution in [-0.4, -0.2) is 131 Å². The van der Waals surface area contributed by atoms with Crippen LogP contribution in [0, 0.1) is 24.1 Å². The van der Waals surface area contributed by atoms with Gasteiger partial charge < -0.3 is 42.3 Å². The van der Waals surface area contributed by atoms with Crippen molar-refractivity contribution in [1.29, 1.82) is 0 Å². The van der Waals surface area contributed by atoms with Gasteiger partial charge in [0.15, 0.2) is 5.96 Å². The Bertz CT molecular complexity index is 2380. The van der Waals surface area contributed by atoms with Crippen molar-refractivity contribution in [3.8, 4) is 10.4 Å². The van der Waals surface area contributed by atoms with Crippen LogP contribution in [0.4, 0.5) is 21.5 Å². The van der Waals surface area contributed by atoms with Crippen molar-refractivity contribution in [2.45, 2.75) is 71.7 Å². The number of aryl methyl sites for hydroxylation is 1. The van der Waals surface area contributed by atoms with E-state index in [9.17, 15) is 28.7 Å². The molecule has 0 saturated carbocycles. The predicted octanol–water partition coefficient (Wildman–Crippen LogP) is 4.48. The molecular weight excluding hydrogens is 897 g/mol. The van der Waals surface area contributed by atoms with Gasteiger partial charge in [-0.15, -0.1) is 23.7 Å². The molecule has 3 saturated heterocycles. The molecule has 4 heterocycles. The lowest BCUT2D eigenvalue weighted by molar-refractivity contribution is -0.144. The zero-order valence-electron chi connectivity index (χ0n) is 38.5.